The average molecular weight is 497 g/mol. The molecule has 2 rings (SSSR count). The summed E-state index contributed by atoms with van der Waals surface area (Å²) < 4.78 is 20.3. The predicted octanol–water partition coefficient (Wildman–Crippen LogP) is 0.138. The van der Waals surface area contributed by atoms with Gasteiger partial charge >= 0.3 is 0 Å². The second-order valence-electron chi connectivity index (χ2n) is 9.22. The molecule has 0 saturated carbocycles. The molecule has 0 spiro atoms. The van der Waals surface area contributed by atoms with Crippen molar-refractivity contribution in [1.82, 2.24) is 21.1 Å². The molecule has 0 bridgehead atoms. The van der Waals surface area contributed by atoms with E-state index in [1.54, 1.807) is 13.8 Å². The lowest BCUT2D eigenvalue weighted by Crippen LogP contribution is -2.58. The van der Waals surface area contributed by atoms with Gasteiger partial charge in [0.1, 0.15) is 23.4 Å². The lowest BCUT2D eigenvalue weighted by atomic mass is 9.93. The Bertz CT molecular complexity index is 896. The highest BCUT2D eigenvalue weighted by atomic mass is 16.6. The molecule has 196 valence electrons. The number of aromatic nitrogens is 1. The lowest BCUT2D eigenvalue weighted by molar-refractivity contribution is -0.134. The Labute approximate surface area is 204 Å². The zero-order valence-electron chi connectivity index (χ0n) is 21.1. The summed E-state index contributed by atoms with van der Waals surface area (Å²) >= 11 is 0. The van der Waals surface area contributed by atoms with Crippen LogP contribution in [0.1, 0.15) is 49.9 Å². The van der Waals surface area contributed by atoms with E-state index in [9.17, 15) is 19.2 Å². The Morgan fingerprint density at radius 1 is 1.06 bits per heavy atom. The molecule has 3 amide bonds. The van der Waals surface area contributed by atoms with Gasteiger partial charge in [0.25, 0.3) is 5.91 Å². The van der Waals surface area contributed by atoms with Crippen LogP contribution in [0.4, 0.5) is 0 Å². The molecule has 1 aromatic rings. The number of rotatable bonds is 15. The van der Waals surface area contributed by atoms with Gasteiger partial charge in [-0.3, -0.25) is 19.2 Å². The molecule has 4 atom stereocenters. The maximum Gasteiger partial charge on any atom is 0.274 e. The fraction of sp³-hybridized carbons (Fsp3) is 0.696. The number of nitrogens with zero attached hydrogens (tertiary/aromatic N) is 1. The van der Waals surface area contributed by atoms with E-state index in [1.807, 2.05) is 13.8 Å². The molecule has 0 unspecified atom stereocenters. The van der Waals surface area contributed by atoms with Gasteiger partial charge in [-0.2, -0.15) is 0 Å². The molecular weight excluding hydrogens is 460 g/mol. The van der Waals surface area contributed by atoms with Crippen molar-refractivity contribution in [3.63, 3.8) is 0 Å². The summed E-state index contributed by atoms with van der Waals surface area (Å²) in [5.41, 5.74) is -0.878. The van der Waals surface area contributed by atoms with E-state index in [4.69, 9.17) is 18.7 Å². The van der Waals surface area contributed by atoms with Crippen LogP contribution in [-0.2, 0) is 28.6 Å². The molecule has 35 heavy (non-hydrogen) atoms. The number of carbonyl (C=O) groups excluding carboxylic acids is 4. The number of hydrogen-bond acceptors (Lipinski definition) is 9. The summed E-state index contributed by atoms with van der Waals surface area (Å²) in [7, 11) is 2.86. The Morgan fingerprint density at radius 3 is 2.20 bits per heavy atom. The van der Waals surface area contributed by atoms with Crippen LogP contribution in [0.3, 0.4) is 0 Å². The van der Waals surface area contributed by atoms with Crippen LogP contribution in [0, 0.1) is 12.8 Å². The molecule has 12 nitrogen and oxygen atoms in total. The minimum Gasteiger partial charge on any atom is -0.385 e. The third-order valence-corrected chi connectivity index (χ3v) is 5.50. The molecular formula is C23H36N4O8. The topological polar surface area (TPSA) is 161 Å². The van der Waals surface area contributed by atoms with Gasteiger partial charge in [-0.15, -0.1) is 0 Å². The van der Waals surface area contributed by atoms with Crippen molar-refractivity contribution in [2.24, 2.45) is 5.92 Å². The van der Waals surface area contributed by atoms with Crippen LogP contribution in [-0.4, -0.2) is 86.4 Å². The van der Waals surface area contributed by atoms with Crippen LogP contribution in [0.25, 0.3) is 0 Å². The van der Waals surface area contributed by atoms with Crippen molar-refractivity contribution < 1.29 is 37.9 Å². The fourth-order valence-electron chi connectivity index (χ4n) is 3.43. The molecule has 0 aromatic carbocycles. The van der Waals surface area contributed by atoms with Crippen molar-refractivity contribution in [3.8, 4) is 0 Å². The van der Waals surface area contributed by atoms with E-state index >= 15 is 0 Å². The molecule has 1 aliphatic heterocycles. The fourth-order valence-corrected chi connectivity index (χ4v) is 3.43. The second-order valence-corrected chi connectivity index (χ2v) is 9.22. The van der Waals surface area contributed by atoms with Crippen molar-refractivity contribution in [1.29, 1.82) is 0 Å². The van der Waals surface area contributed by atoms with Crippen LogP contribution < -0.4 is 16.0 Å². The number of ketones is 1. The van der Waals surface area contributed by atoms with Crippen LogP contribution in [0.15, 0.2) is 10.6 Å². The summed E-state index contributed by atoms with van der Waals surface area (Å²) in [6.45, 7) is 7.55. The molecule has 3 N–H and O–H groups in total. The average Bonchev–Trinajstić information content (AvgIpc) is 3.40. The summed E-state index contributed by atoms with van der Waals surface area (Å²) in [5, 5.41) is 11.6. The van der Waals surface area contributed by atoms with Gasteiger partial charge in [0.2, 0.25) is 11.8 Å². The van der Waals surface area contributed by atoms with E-state index in [0.717, 1.165) is 0 Å². The Hall–Kier alpha value is -2.83. The summed E-state index contributed by atoms with van der Waals surface area (Å²) in [6, 6.07) is -1.44. The zero-order valence-corrected chi connectivity index (χ0v) is 21.1. The van der Waals surface area contributed by atoms with Crippen molar-refractivity contribution in [3.05, 3.63) is 17.5 Å². The third-order valence-electron chi connectivity index (χ3n) is 5.50. The van der Waals surface area contributed by atoms with Gasteiger partial charge in [-0.1, -0.05) is 19.0 Å². The molecule has 2 heterocycles. The second kappa shape index (κ2) is 12.8. The van der Waals surface area contributed by atoms with Crippen LogP contribution >= 0.6 is 0 Å². The lowest BCUT2D eigenvalue weighted by Gasteiger charge is -2.26. The largest absolute Gasteiger partial charge is 0.385 e. The molecule has 1 aromatic heterocycles. The number of carbonyl (C=O) groups is 4. The normalized spacial score (nSPS) is 19.5. The monoisotopic (exact) mass is 496 g/mol. The van der Waals surface area contributed by atoms with Gasteiger partial charge in [-0.25, -0.2) is 0 Å². The number of epoxide rings is 1. The van der Waals surface area contributed by atoms with Gasteiger partial charge in [0.15, 0.2) is 11.5 Å². The quantitative estimate of drug-likeness (QED) is 0.287. The third kappa shape index (κ3) is 8.41. The van der Waals surface area contributed by atoms with Gasteiger partial charge in [-0.05, 0) is 32.6 Å². The van der Waals surface area contributed by atoms with Gasteiger partial charge < -0.3 is 34.7 Å². The van der Waals surface area contributed by atoms with E-state index < -0.39 is 41.4 Å². The first kappa shape index (κ1) is 28.4. The smallest absolute Gasteiger partial charge is 0.274 e. The first-order chi connectivity index (χ1) is 16.5. The van der Waals surface area contributed by atoms with Crippen molar-refractivity contribution in [2.45, 2.75) is 64.3 Å². The van der Waals surface area contributed by atoms with E-state index in [2.05, 4.69) is 21.1 Å². The number of amides is 3. The Kier molecular flexibility index (Phi) is 10.3. The first-order valence-electron chi connectivity index (χ1n) is 11.5. The molecule has 12 heteroatoms. The van der Waals surface area contributed by atoms with Gasteiger partial charge in [0, 0.05) is 26.9 Å². The van der Waals surface area contributed by atoms with Gasteiger partial charge in [0.05, 0.1) is 19.3 Å². The number of Topliss-reactive ketones (excluding diaryl/α,β-unsaturated/α-hetero) is 1. The standard InChI is InChI=1S/C23H36N4O8/c1-13(2)9-16(19(28)23(4)12-34-23)25-22(31)18(11-33-6)26-20(29)15(7-8-32-5)24-21(30)17-10-14(3)35-27-17/h10,13,15-16,18H,7-9,11-12H2,1-6H3,(H,24,30)(H,25,31)(H,26,29)/t15-,16-,18-,23-/m0/s1. The maximum absolute atomic E-state index is 13.1. The molecule has 1 saturated heterocycles. The van der Waals surface area contributed by atoms with E-state index in [-0.39, 0.29) is 37.0 Å². The highest BCUT2D eigenvalue weighted by Gasteiger charge is 2.50. The number of nitrogens with one attached hydrogen (secondary N) is 3. The highest BCUT2D eigenvalue weighted by molar-refractivity contribution is 5.99. The van der Waals surface area contributed by atoms with E-state index in [0.29, 0.717) is 18.8 Å². The maximum atomic E-state index is 13.1. The summed E-state index contributed by atoms with van der Waals surface area (Å²) in [4.78, 5) is 51.4. The number of methoxy groups -OCH3 is 2. The SMILES string of the molecule is COCC[C@H](NC(=O)c1cc(C)on1)C(=O)N[C@@H](COC)C(=O)N[C@@H](CC(C)C)C(=O)[C@]1(C)CO1. The van der Waals surface area contributed by atoms with Crippen molar-refractivity contribution in [2.75, 3.05) is 34.0 Å². The predicted molar refractivity (Wildman–Crippen MR) is 124 cm³/mol. The minimum absolute atomic E-state index is 0.0229. The minimum atomic E-state index is -1.10. The molecule has 1 aliphatic rings. The highest BCUT2D eigenvalue weighted by Crippen LogP contribution is 2.29. The Morgan fingerprint density at radius 2 is 1.69 bits per heavy atom. The molecule has 1 fully saturated rings. The molecule has 0 aliphatic carbocycles. The van der Waals surface area contributed by atoms with Crippen LogP contribution in [0.5, 0.6) is 0 Å². The number of ether oxygens (including phenoxy) is 3. The zero-order chi connectivity index (χ0) is 26.2. The first-order valence-corrected chi connectivity index (χ1v) is 11.5. The molecule has 0 radical (unpaired) electrons. The summed E-state index contributed by atoms with van der Waals surface area (Å²) in [6.07, 6.45) is 0.567. The van der Waals surface area contributed by atoms with Crippen molar-refractivity contribution >= 4 is 23.5 Å². The number of aryl methyl sites for hydroxylation is 1. The number of hydrogen-bond donors (Lipinski definition) is 3. The Balaban J connectivity index is 2.10. The van der Waals surface area contributed by atoms with Crippen LogP contribution in [0.2, 0.25) is 0 Å². The summed E-state index contributed by atoms with van der Waals surface area (Å²) in [5.74, 6) is -1.43. The van der Waals surface area contributed by atoms with E-state index in [1.165, 1.54) is 20.3 Å².